The Hall–Kier alpha value is -4.34. The molecule has 1 N–H and O–H groups in total. The zero-order valence-corrected chi connectivity index (χ0v) is 14.2. The lowest BCUT2D eigenvalue weighted by Crippen LogP contribution is -2.33. The van der Waals surface area contributed by atoms with Gasteiger partial charge in [0, 0.05) is 17.7 Å². The maximum absolute atomic E-state index is 12.6. The third-order valence-corrected chi connectivity index (χ3v) is 4.05. The summed E-state index contributed by atoms with van der Waals surface area (Å²) in [6.45, 7) is 0. The van der Waals surface area contributed by atoms with E-state index in [1.54, 1.807) is 0 Å². The third-order valence-electron chi connectivity index (χ3n) is 4.05. The molecule has 2 aromatic carbocycles. The first kappa shape index (κ1) is 17.1. The fourth-order valence-corrected chi connectivity index (χ4v) is 2.66. The molecule has 0 saturated carbocycles. The van der Waals surface area contributed by atoms with Gasteiger partial charge in [-0.3, -0.25) is 25.1 Å². The number of fused-ring (bicyclic) bond motifs is 1. The number of benzene rings is 2. The zero-order chi connectivity index (χ0) is 19.7. The first-order chi connectivity index (χ1) is 13.5. The Morgan fingerprint density at radius 1 is 1.07 bits per heavy atom. The van der Waals surface area contributed by atoms with Crippen LogP contribution < -0.4 is 11.0 Å². The highest BCUT2D eigenvalue weighted by Crippen LogP contribution is 2.14. The van der Waals surface area contributed by atoms with Gasteiger partial charge in [-0.2, -0.15) is 5.10 Å². The molecular formula is C18H12N6O4. The summed E-state index contributed by atoms with van der Waals surface area (Å²) in [5.41, 5.74) is 3.05. The van der Waals surface area contributed by atoms with E-state index in [-0.39, 0.29) is 16.6 Å². The standard InChI is InChI=1S/C18H12N6O4/c25-17(12-6-8-14(9-7-12)24(27)28)21-22-11-19-16-15(18(22)26)10-20-23(16)13-4-2-1-3-5-13/h1-11H,(H,21,25). The molecule has 28 heavy (non-hydrogen) atoms. The normalized spacial score (nSPS) is 10.7. The molecule has 0 aliphatic heterocycles. The van der Waals surface area contributed by atoms with E-state index in [0.29, 0.717) is 5.65 Å². The summed E-state index contributed by atoms with van der Waals surface area (Å²) in [4.78, 5) is 39.3. The number of aromatic nitrogens is 4. The quantitative estimate of drug-likeness (QED) is 0.428. The number of carbonyl (C=O) groups excluding carboxylic acids is 1. The van der Waals surface area contributed by atoms with Crippen molar-refractivity contribution in [1.29, 1.82) is 0 Å². The van der Waals surface area contributed by atoms with E-state index in [4.69, 9.17) is 0 Å². The predicted molar refractivity (Wildman–Crippen MR) is 99.9 cm³/mol. The average Bonchev–Trinajstić information content (AvgIpc) is 3.15. The Bertz CT molecular complexity index is 1240. The van der Waals surface area contributed by atoms with Crippen LogP contribution in [0.25, 0.3) is 16.7 Å². The first-order valence-electron chi connectivity index (χ1n) is 8.11. The molecule has 1 amide bonds. The summed E-state index contributed by atoms with van der Waals surface area (Å²) in [5, 5.41) is 15.1. The third kappa shape index (κ3) is 2.98. The van der Waals surface area contributed by atoms with Crippen LogP contribution in [0, 0.1) is 10.1 Å². The number of nitro benzene ring substituents is 1. The molecule has 0 fully saturated rings. The molecule has 0 radical (unpaired) electrons. The van der Waals surface area contributed by atoms with Gasteiger partial charge in [0.15, 0.2) is 5.65 Å². The molecule has 10 nitrogen and oxygen atoms in total. The lowest BCUT2D eigenvalue weighted by atomic mass is 10.2. The van der Waals surface area contributed by atoms with Crippen molar-refractivity contribution < 1.29 is 9.72 Å². The van der Waals surface area contributed by atoms with Gasteiger partial charge in [-0.15, -0.1) is 0 Å². The topological polar surface area (TPSA) is 125 Å². The molecular weight excluding hydrogens is 364 g/mol. The molecule has 0 aliphatic carbocycles. The minimum Gasteiger partial charge on any atom is -0.267 e. The largest absolute Gasteiger partial charge is 0.283 e. The minimum atomic E-state index is -0.603. The minimum absolute atomic E-state index is 0.134. The summed E-state index contributed by atoms with van der Waals surface area (Å²) >= 11 is 0. The number of non-ortho nitro benzene ring substituents is 1. The molecule has 138 valence electrons. The summed E-state index contributed by atoms with van der Waals surface area (Å²) in [5.74, 6) is -0.603. The summed E-state index contributed by atoms with van der Waals surface area (Å²) in [6, 6.07) is 14.2. The number of nitro groups is 1. The zero-order valence-electron chi connectivity index (χ0n) is 14.2. The van der Waals surface area contributed by atoms with Crippen molar-refractivity contribution in [3.05, 3.63) is 93.2 Å². The van der Waals surface area contributed by atoms with Gasteiger partial charge in [-0.25, -0.2) is 14.3 Å². The highest BCUT2D eigenvalue weighted by molar-refractivity contribution is 6.00. The van der Waals surface area contributed by atoms with Crippen LogP contribution in [0.2, 0.25) is 0 Å². The van der Waals surface area contributed by atoms with Gasteiger partial charge in [0.1, 0.15) is 11.7 Å². The summed E-state index contributed by atoms with van der Waals surface area (Å²) in [7, 11) is 0. The van der Waals surface area contributed by atoms with E-state index in [1.165, 1.54) is 41.5 Å². The van der Waals surface area contributed by atoms with Crippen molar-refractivity contribution in [2.75, 3.05) is 5.43 Å². The lowest BCUT2D eigenvalue weighted by Gasteiger charge is -2.08. The molecule has 0 saturated heterocycles. The van der Waals surface area contributed by atoms with Crippen LogP contribution in [0.15, 0.2) is 71.9 Å². The second-order valence-electron chi connectivity index (χ2n) is 5.79. The van der Waals surface area contributed by atoms with Crippen LogP contribution >= 0.6 is 0 Å². The molecule has 0 spiro atoms. The van der Waals surface area contributed by atoms with Crippen LogP contribution in [0.4, 0.5) is 5.69 Å². The van der Waals surface area contributed by atoms with Crippen LogP contribution in [-0.4, -0.2) is 30.3 Å². The van der Waals surface area contributed by atoms with Crippen LogP contribution in [-0.2, 0) is 0 Å². The van der Waals surface area contributed by atoms with Crippen LogP contribution in [0.3, 0.4) is 0 Å². The molecule has 2 aromatic heterocycles. The Kier molecular flexibility index (Phi) is 4.13. The van der Waals surface area contributed by atoms with Crippen molar-refractivity contribution in [3.63, 3.8) is 0 Å². The van der Waals surface area contributed by atoms with Gasteiger partial charge in [0.2, 0.25) is 0 Å². The fraction of sp³-hybridized carbons (Fsp3) is 0. The van der Waals surface area contributed by atoms with E-state index in [0.717, 1.165) is 10.4 Å². The van der Waals surface area contributed by atoms with Gasteiger partial charge >= 0.3 is 0 Å². The van der Waals surface area contributed by atoms with Gasteiger partial charge in [0.25, 0.3) is 17.2 Å². The van der Waals surface area contributed by atoms with Gasteiger partial charge in [-0.05, 0) is 24.3 Å². The molecule has 10 heteroatoms. The van der Waals surface area contributed by atoms with Gasteiger partial charge < -0.3 is 0 Å². The van der Waals surface area contributed by atoms with E-state index >= 15 is 0 Å². The Labute approximate surface area is 156 Å². The Morgan fingerprint density at radius 2 is 1.79 bits per heavy atom. The molecule has 4 rings (SSSR count). The highest BCUT2D eigenvalue weighted by atomic mass is 16.6. The maximum Gasteiger partial charge on any atom is 0.283 e. The van der Waals surface area contributed by atoms with Crippen molar-refractivity contribution in [2.45, 2.75) is 0 Å². The van der Waals surface area contributed by atoms with Gasteiger partial charge in [0.05, 0.1) is 16.8 Å². The summed E-state index contributed by atoms with van der Waals surface area (Å²) < 4.78 is 2.47. The van der Waals surface area contributed by atoms with E-state index in [9.17, 15) is 19.7 Å². The number of hydrogen-bond acceptors (Lipinski definition) is 6. The first-order valence-corrected chi connectivity index (χ1v) is 8.11. The lowest BCUT2D eigenvalue weighted by molar-refractivity contribution is -0.384. The number of nitrogens with one attached hydrogen (secondary N) is 1. The summed E-state index contributed by atoms with van der Waals surface area (Å²) in [6.07, 6.45) is 2.57. The van der Waals surface area contributed by atoms with Gasteiger partial charge in [-0.1, -0.05) is 18.2 Å². The predicted octanol–water partition coefficient (Wildman–Crippen LogP) is 1.87. The number of nitrogens with zero attached hydrogens (tertiary/aromatic N) is 5. The van der Waals surface area contributed by atoms with Crippen LogP contribution in [0.5, 0.6) is 0 Å². The maximum atomic E-state index is 12.6. The van der Waals surface area contributed by atoms with E-state index in [2.05, 4.69) is 15.5 Å². The second kappa shape index (κ2) is 6.76. The molecule has 4 aromatic rings. The number of carbonyl (C=O) groups is 1. The molecule has 2 heterocycles. The molecule has 0 bridgehead atoms. The molecule has 0 aliphatic rings. The monoisotopic (exact) mass is 376 g/mol. The van der Waals surface area contributed by atoms with Crippen molar-refractivity contribution in [1.82, 2.24) is 19.4 Å². The number of hydrogen-bond donors (Lipinski definition) is 1. The van der Waals surface area contributed by atoms with Crippen molar-refractivity contribution in [3.8, 4) is 5.69 Å². The van der Waals surface area contributed by atoms with E-state index in [1.807, 2.05) is 30.3 Å². The SMILES string of the molecule is O=C(Nn1cnc2c(cnn2-c2ccccc2)c1=O)c1ccc([N+](=O)[O-])cc1. The van der Waals surface area contributed by atoms with Crippen LogP contribution in [0.1, 0.15) is 10.4 Å². The van der Waals surface area contributed by atoms with E-state index < -0.39 is 16.4 Å². The highest BCUT2D eigenvalue weighted by Gasteiger charge is 2.14. The molecule has 0 atom stereocenters. The number of amides is 1. The average molecular weight is 376 g/mol. The number of para-hydroxylation sites is 1. The number of rotatable bonds is 4. The molecule has 0 unspecified atom stereocenters. The Balaban J connectivity index is 1.65. The smallest absolute Gasteiger partial charge is 0.267 e. The van der Waals surface area contributed by atoms with Crippen molar-refractivity contribution >= 4 is 22.6 Å². The Morgan fingerprint density at radius 3 is 2.46 bits per heavy atom. The fourth-order valence-electron chi connectivity index (χ4n) is 2.66. The second-order valence-corrected chi connectivity index (χ2v) is 5.79. The van der Waals surface area contributed by atoms with Crippen molar-refractivity contribution in [2.24, 2.45) is 0 Å².